The molecule has 0 aliphatic rings. The molecule has 4 N–H and O–H groups in total. The molecule has 0 heterocycles. The Morgan fingerprint density at radius 3 is 2.50 bits per heavy atom. The smallest absolute Gasteiger partial charge is 0.314 e. The van der Waals surface area contributed by atoms with E-state index in [4.69, 9.17) is 10.2 Å². The highest BCUT2D eigenvalue weighted by Gasteiger charge is 2.08. The second kappa shape index (κ2) is 10.8. The van der Waals surface area contributed by atoms with Crippen molar-refractivity contribution in [1.29, 1.82) is 0 Å². The van der Waals surface area contributed by atoms with Gasteiger partial charge in [-0.05, 0) is 25.2 Å². The van der Waals surface area contributed by atoms with Crippen LogP contribution in [0.2, 0.25) is 0 Å². The number of urea groups is 1. The Balaban J connectivity index is 3.63. The Bertz CT molecular complexity index is 240. The van der Waals surface area contributed by atoms with E-state index < -0.39 is 5.97 Å². The van der Waals surface area contributed by atoms with Crippen LogP contribution in [-0.2, 0) is 4.79 Å². The third-order valence-corrected chi connectivity index (χ3v) is 2.64. The molecule has 1 atom stereocenters. The van der Waals surface area contributed by atoms with Gasteiger partial charge in [0.15, 0.2) is 0 Å². The Morgan fingerprint density at radius 1 is 1.22 bits per heavy atom. The number of carbonyl (C=O) groups is 2. The molecule has 18 heavy (non-hydrogen) atoms. The number of amides is 2. The number of carboxylic acid groups (broad SMARTS) is 1. The molecule has 106 valence electrons. The highest BCUT2D eigenvalue weighted by molar-refractivity contribution is 5.73. The van der Waals surface area contributed by atoms with Gasteiger partial charge in [0.25, 0.3) is 0 Å². The van der Waals surface area contributed by atoms with Crippen LogP contribution in [0.3, 0.4) is 0 Å². The maximum absolute atomic E-state index is 11.4. The number of rotatable bonds is 10. The van der Waals surface area contributed by atoms with E-state index in [9.17, 15) is 9.59 Å². The van der Waals surface area contributed by atoms with Crippen molar-refractivity contribution >= 4 is 12.0 Å². The van der Waals surface area contributed by atoms with Crippen molar-refractivity contribution in [3.63, 3.8) is 0 Å². The number of carboxylic acids is 1. The number of aliphatic carboxylic acids is 1. The molecule has 0 radical (unpaired) electrons. The minimum atomic E-state index is -0.858. The number of aliphatic hydroxyl groups excluding tert-OH is 1. The first kappa shape index (κ1) is 16.7. The predicted octanol–water partition coefficient (Wildman–Crippen LogP) is 0.949. The third kappa shape index (κ3) is 9.89. The van der Waals surface area contributed by atoms with Gasteiger partial charge in [-0.15, -0.1) is 0 Å². The van der Waals surface area contributed by atoms with Crippen LogP contribution in [0.15, 0.2) is 0 Å². The molecule has 0 saturated heterocycles. The van der Waals surface area contributed by atoms with Crippen LogP contribution in [0.5, 0.6) is 0 Å². The molecule has 0 bridgehead atoms. The van der Waals surface area contributed by atoms with E-state index in [0.29, 0.717) is 31.8 Å². The van der Waals surface area contributed by atoms with E-state index >= 15 is 0 Å². The average Bonchev–Trinajstić information content (AvgIpc) is 2.32. The summed E-state index contributed by atoms with van der Waals surface area (Å²) in [6.07, 6.45) is 3.17. The first-order valence-corrected chi connectivity index (χ1v) is 6.44. The topological polar surface area (TPSA) is 98.7 Å². The predicted molar refractivity (Wildman–Crippen MR) is 68.4 cm³/mol. The summed E-state index contributed by atoms with van der Waals surface area (Å²) in [6.45, 7) is 3.10. The average molecular weight is 260 g/mol. The van der Waals surface area contributed by atoms with E-state index in [0.717, 1.165) is 12.8 Å². The fraction of sp³-hybridized carbons (Fsp3) is 0.833. The zero-order valence-corrected chi connectivity index (χ0v) is 10.9. The summed E-state index contributed by atoms with van der Waals surface area (Å²) in [5.41, 5.74) is 0. The molecule has 0 fully saturated rings. The van der Waals surface area contributed by atoms with Crippen molar-refractivity contribution in [2.75, 3.05) is 19.7 Å². The van der Waals surface area contributed by atoms with Crippen molar-refractivity contribution in [2.24, 2.45) is 5.92 Å². The highest BCUT2D eigenvalue weighted by Crippen LogP contribution is 2.08. The van der Waals surface area contributed by atoms with Crippen LogP contribution in [0.1, 0.15) is 39.0 Å². The molecule has 0 aliphatic heterocycles. The van der Waals surface area contributed by atoms with Crippen LogP contribution >= 0.6 is 0 Å². The Kier molecular flexibility index (Phi) is 10.0. The number of hydrogen-bond acceptors (Lipinski definition) is 3. The standard InChI is InChI=1S/C12H24N2O4/c1-2-4-10(6-8-15)9-14-12(18)13-7-3-5-11(16)17/h10,15H,2-9H2,1H3,(H,16,17)(H2,13,14,18). The Labute approximate surface area is 108 Å². The number of carbonyl (C=O) groups excluding carboxylic acids is 1. The summed E-state index contributed by atoms with van der Waals surface area (Å²) < 4.78 is 0. The van der Waals surface area contributed by atoms with E-state index in [-0.39, 0.29) is 19.1 Å². The molecule has 0 saturated carbocycles. The van der Waals surface area contributed by atoms with Gasteiger partial charge in [0, 0.05) is 26.1 Å². The summed E-state index contributed by atoms with van der Waals surface area (Å²) in [5, 5.41) is 22.6. The molecule has 2 amide bonds. The largest absolute Gasteiger partial charge is 0.481 e. The van der Waals surface area contributed by atoms with Gasteiger partial charge in [-0.1, -0.05) is 13.3 Å². The Morgan fingerprint density at radius 2 is 1.94 bits per heavy atom. The highest BCUT2D eigenvalue weighted by atomic mass is 16.4. The molecule has 1 unspecified atom stereocenters. The van der Waals surface area contributed by atoms with Crippen LogP contribution in [0.4, 0.5) is 4.79 Å². The van der Waals surface area contributed by atoms with Crippen LogP contribution in [0, 0.1) is 5.92 Å². The zero-order valence-electron chi connectivity index (χ0n) is 10.9. The second-order valence-corrected chi connectivity index (χ2v) is 4.30. The van der Waals surface area contributed by atoms with Crippen LogP contribution in [-0.4, -0.2) is 41.9 Å². The third-order valence-electron chi connectivity index (χ3n) is 2.64. The first-order valence-electron chi connectivity index (χ1n) is 6.44. The lowest BCUT2D eigenvalue weighted by atomic mass is 10.0. The van der Waals surface area contributed by atoms with Gasteiger partial charge in [0.1, 0.15) is 0 Å². The SMILES string of the molecule is CCCC(CCO)CNC(=O)NCCCC(=O)O. The van der Waals surface area contributed by atoms with Crippen molar-refractivity contribution < 1.29 is 19.8 Å². The van der Waals surface area contributed by atoms with Gasteiger partial charge in [-0.3, -0.25) is 4.79 Å². The molecular weight excluding hydrogens is 236 g/mol. The van der Waals surface area contributed by atoms with Crippen LogP contribution < -0.4 is 10.6 Å². The van der Waals surface area contributed by atoms with Gasteiger partial charge in [0.2, 0.25) is 0 Å². The molecular formula is C12H24N2O4. The minimum Gasteiger partial charge on any atom is -0.481 e. The molecule has 6 heteroatoms. The quantitative estimate of drug-likeness (QED) is 0.439. The van der Waals surface area contributed by atoms with Crippen molar-refractivity contribution in [2.45, 2.75) is 39.0 Å². The lowest BCUT2D eigenvalue weighted by Crippen LogP contribution is -2.39. The molecule has 0 aromatic rings. The van der Waals surface area contributed by atoms with Gasteiger partial charge in [0.05, 0.1) is 0 Å². The van der Waals surface area contributed by atoms with Gasteiger partial charge in [-0.2, -0.15) is 0 Å². The van der Waals surface area contributed by atoms with Gasteiger partial charge in [-0.25, -0.2) is 4.79 Å². The molecule has 0 aromatic carbocycles. The lowest BCUT2D eigenvalue weighted by Gasteiger charge is -2.15. The molecule has 0 rings (SSSR count). The normalized spacial score (nSPS) is 11.9. The summed E-state index contributed by atoms with van der Waals surface area (Å²) in [6, 6.07) is -0.278. The summed E-state index contributed by atoms with van der Waals surface area (Å²) >= 11 is 0. The van der Waals surface area contributed by atoms with E-state index in [1.165, 1.54) is 0 Å². The number of nitrogens with one attached hydrogen (secondary N) is 2. The lowest BCUT2D eigenvalue weighted by molar-refractivity contribution is -0.137. The van der Waals surface area contributed by atoms with Gasteiger partial charge >= 0.3 is 12.0 Å². The van der Waals surface area contributed by atoms with Crippen LogP contribution in [0.25, 0.3) is 0 Å². The van der Waals surface area contributed by atoms with Gasteiger partial charge < -0.3 is 20.8 Å². The second-order valence-electron chi connectivity index (χ2n) is 4.30. The zero-order chi connectivity index (χ0) is 13.8. The first-order chi connectivity index (χ1) is 8.60. The Hall–Kier alpha value is -1.30. The summed E-state index contributed by atoms with van der Waals surface area (Å²) in [5.74, 6) is -0.562. The van der Waals surface area contributed by atoms with Crippen molar-refractivity contribution in [1.82, 2.24) is 10.6 Å². The maximum atomic E-state index is 11.4. The molecule has 6 nitrogen and oxygen atoms in total. The van der Waals surface area contributed by atoms with Crippen molar-refractivity contribution in [3.05, 3.63) is 0 Å². The fourth-order valence-corrected chi connectivity index (χ4v) is 1.68. The van der Waals surface area contributed by atoms with E-state index in [2.05, 4.69) is 17.6 Å². The minimum absolute atomic E-state index is 0.0588. The number of aliphatic hydroxyl groups is 1. The summed E-state index contributed by atoms with van der Waals surface area (Å²) in [4.78, 5) is 21.6. The fourth-order valence-electron chi connectivity index (χ4n) is 1.68. The van der Waals surface area contributed by atoms with E-state index in [1.54, 1.807) is 0 Å². The van der Waals surface area contributed by atoms with Crippen molar-refractivity contribution in [3.8, 4) is 0 Å². The molecule has 0 aliphatic carbocycles. The maximum Gasteiger partial charge on any atom is 0.314 e. The van der Waals surface area contributed by atoms with E-state index in [1.807, 2.05) is 0 Å². The number of hydrogen-bond donors (Lipinski definition) is 4. The monoisotopic (exact) mass is 260 g/mol. The molecule has 0 aromatic heterocycles. The molecule has 0 spiro atoms. The summed E-state index contributed by atoms with van der Waals surface area (Å²) in [7, 11) is 0.